The standard InChI is InChI=1S/C53H69N7O7/c1-9-39(47(54-11-3)34(5)66-8)48-41-31-53(6,7)33-67-52(65)42-20-17-26-60(56-42)51(64)43(29-35-18-16-19-36(28-35)37-22-23-44(40(41)30-37)58(48)12-4)55-49(62)45-21-14-13-15-25-59(45)50(63)38-24-27-57(32-38)46(61)10-2/h9-11,16,18-19,22-23,28,30,34,38,42-43,45,56H,1-2,12-15,17,20-21,24-27,29,31-33H2,3-8H3,(H,55,62)/b47-39+,54-11-/t34-,38-,42-,43-,45-/m0/s1. The van der Waals surface area contributed by atoms with Gasteiger partial charge in [-0.25, -0.2) is 5.43 Å². The molecule has 5 heterocycles. The van der Waals surface area contributed by atoms with Crippen molar-refractivity contribution in [2.45, 2.75) is 123 Å². The highest BCUT2D eigenvalue weighted by Crippen LogP contribution is 2.40. The third kappa shape index (κ3) is 10.7. The zero-order valence-corrected chi connectivity index (χ0v) is 40.3. The number of likely N-dealkylation sites (tertiary alicyclic amines) is 2. The second-order valence-corrected chi connectivity index (χ2v) is 19.2. The summed E-state index contributed by atoms with van der Waals surface area (Å²) in [7, 11) is 1.67. The van der Waals surface area contributed by atoms with Crippen molar-refractivity contribution < 1.29 is 33.4 Å². The van der Waals surface area contributed by atoms with Gasteiger partial charge in [0.2, 0.25) is 17.7 Å². The smallest absolute Gasteiger partial charge is 0.324 e. The Kier molecular flexibility index (Phi) is 15.7. The van der Waals surface area contributed by atoms with Gasteiger partial charge in [-0.15, -0.1) is 0 Å². The summed E-state index contributed by atoms with van der Waals surface area (Å²) in [6.07, 6.45) is 9.67. The lowest BCUT2D eigenvalue weighted by molar-refractivity contribution is -0.155. The molecule has 0 radical (unpaired) electrons. The van der Waals surface area contributed by atoms with Crippen LogP contribution in [0.1, 0.15) is 96.4 Å². The average molecular weight is 916 g/mol. The van der Waals surface area contributed by atoms with Crippen molar-refractivity contribution in [2.75, 3.05) is 39.9 Å². The largest absolute Gasteiger partial charge is 0.464 e. The van der Waals surface area contributed by atoms with Gasteiger partial charge in [0, 0.05) is 74.4 Å². The average Bonchev–Trinajstić information content (AvgIpc) is 3.85. The Labute approximate surface area is 395 Å². The molecule has 5 atom stereocenters. The van der Waals surface area contributed by atoms with Crippen LogP contribution in [0.5, 0.6) is 0 Å². The molecule has 14 heteroatoms. The van der Waals surface area contributed by atoms with Crippen LogP contribution in [0.2, 0.25) is 0 Å². The zero-order chi connectivity index (χ0) is 48.0. The fourth-order valence-electron chi connectivity index (χ4n) is 10.3. The molecule has 358 valence electrons. The molecule has 0 unspecified atom stereocenters. The van der Waals surface area contributed by atoms with Crippen molar-refractivity contribution in [3.05, 3.63) is 90.3 Å². The molecule has 7 rings (SSSR count). The molecule has 6 bridgehead atoms. The number of allylic oxidation sites excluding steroid dienone is 2. The van der Waals surface area contributed by atoms with Crippen molar-refractivity contribution in [1.29, 1.82) is 0 Å². The molecule has 4 aliphatic rings. The minimum Gasteiger partial charge on any atom is -0.464 e. The van der Waals surface area contributed by atoms with Gasteiger partial charge < -0.3 is 29.2 Å². The van der Waals surface area contributed by atoms with Crippen LogP contribution in [0.3, 0.4) is 0 Å². The van der Waals surface area contributed by atoms with Crippen molar-refractivity contribution >= 4 is 52.3 Å². The second kappa shape index (κ2) is 21.4. The number of aryl methyl sites for hydroxylation is 1. The number of methoxy groups -OCH3 is 1. The monoisotopic (exact) mass is 916 g/mol. The number of aliphatic imine (C=N–C) groups is 1. The molecule has 3 aromatic rings. The molecule has 1 aromatic heterocycles. The Morgan fingerprint density at radius 1 is 1.00 bits per heavy atom. The number of hydrazine groups is 1. The van der Waals surface area contributed by atoms with Gasteiger partial charge in [0.1, 0.15) is 18.1 Å². The van der Waals surface area contributed by atoms with Gasteiger partial charge in [0.25, 0.3) is 5.91 Å². The van der Waals surface area contributed by atoms with Crippen LogP contribution in [-0.4, -0.2) is 119 Å². The minimum absolute atomic E-state index is 0.123. The molecular weight excluding hydrogens is 847 g/mol. The van der Waals surface area contributed by atoms with Crippen LogP contribution < -0.4 is 10.7 Å². The number of carbonyl (C=O) groups is 5. The highest BCUT2D eigenvalue weighted by Gasteiger charge is 2.41. The molecule has 14 nitrogen and oxygen atoms in total. The predicted octanol–water partition coefficient (Wildman–Crippen LogP) is 6.81. The Bertz CT molecular complexity index is 2450. The molecule has 3 fully saturated rings. The van der Waals surface area contributed by atoms with Crippen molar-refractivity contribution in [3.63, 3.8) is 0 Å². The Balaban J connectivity index is 1.30. The summed E-state index contributed by atoms with van der Waals surface area (Å²) >= 11 is 0. The summed E-state index contributed by atoms with van der Waals surface area (Å²) in [5.41, 5.74) is 10.1. The number of hydrogen-bond donors (Lipinski definition) is 2. The van der Waals surface area contributed by atoms with Gasteiger partial charge in [-0.2, -0.15) is 0 Å². The van der Waals surface area contributed by atoms with E-state index < -0.39 is 41.3 Å². The molecule has 3 saturated heterocycles. The van der Waals surface area contributed by atoms with Gasteiger partial charge in [-0.3, -0.25) is 34.0 Å². The number of fused-ring (bicyclic) bond motifs is 6. The van der Waals surface area contributed by atoms with Crippen molar-refractivity contribution in [1.82, 2.24) is 30.1 Å². The van der Waals surface area contributed by atoms with Crippen LogP contribution in [0, 0.1) is 11.3 Å². The lowest BCUT2D eigenvalue weighted by Crippen LogP contribution is -2.62. The van der Waals surface area contributed by atoms with Gasteiger partial charge in [-0.1, -0.05) is 76.3 Å². The first-order valence-electron chi connectivity index (χ1n) is 24.1. The van der Waals surface area contributed by atoms with Gasteiger partial charge in [-0.05, 0) is 99.8 Å². The quantitative estimate of drug-likeness (QED) is 0.0975. The van der Waals surface area contributed by atoms with Crippen LogP contribution in [0.25, 0.3) is 27.6 Å². The predicted molar refractivity (Wildman–Crippen MR) is 262 cm³/mol. The molecule has 2 aromatic carbocycles. The fraction of sp³-hybridized carbons (Fsp3) is 0.509. The minimum atomic E-state index is -1.02. The Morgan fingerprint density at radius 2 is 1.79 bits per heavy atom. The van der Waals surface area contributed by atoms with E-state index in [4.69, 9.17) is 14.5 Å². The summed E-state index contributed by atoms with van der Waals surface area (Å²) in [5.74, 6) is -2.01. The van der Waals surface area contributed by atoms with Gasteiger partial charge in [0.05, 0.1) is 30.0 Å². The summed E-state index contributed by atoms with van der Waals surface area (Å²) in [6, 6.07) is 12.0. The Hall–Kier alpha value is -5.86. The number of esters is 1. The maximum atomic E-state index is 14.8. The SMILES string of the molecule is C=CC(=O)N1CC[C@H](C(=O)N2CCCCC[C@H]2C(=O)N[C@H]2Cc3cccc(c3)-c3ccc4c(c3)c(c(/C(C=C)=C(/N=C\C)[C@H](C)OC)n4CC)CC(C)(C)COC(=O)[C@@H]3CCCN(N3)C2=O)C1. The topological polar surface area (TPSA) is 155 Å². The summed E-state index contributed by atoms with van der Waals surface area (Å²) in [5, 5.41) is 5.63. The number of carbonyl (C=O) groups excluding carboxylic acids is 5. The van der Waals surface area contributed by atoms with Gasteiger partial charge >= 0.3 is 5.97 Å². The summed E-state index contributed by atoms with van der Waals surface area (Å²) in [6.45, 7) is 20.3. The molecule has 0 saturated carbocycles. The lowest BCUT2D eigenvalue weighted by Gasteiger charge is -2.36. The number of benzene rings is 2. The molecule has 0 aliphatic carbocycles. The normalized spacial score (nSPS) is 23.5. The first kappa shape index (κ1) is 49.1. The highest BCUT2D eigenvalue weighted by molar-refractivity contribution is 5.96. The third-order valence-electron chi connectivity index (χ3n) is 13.9. The first-order chi connectivity index (χ1) is 32.2. The molecule has 0 spiro atoms. The van der Waals surface area contributed by atoms with E-state index >= 15 is 0 Å². The number of hydrogen-bond acceptors (Lipinski definition) is 9. The van der Waals surface area contributed by atoms with E-state index in [9.17, 15) is 24.0 Å². The molecule has 67 heavy (non-hydrogen) atoms. The third-order valence-corrected chi connectivity index (χ3v) is 13.9. The van der Waals surface area contributed by atoms with E-state index in [1.165, 1.54) is 11.1 Å². The van der Waals surface area contributed by atoms with E-state index in [2.05, 4.69) is 79.6 Å². The maximum Gasteiger partial charge on any atom is 0.324 e. The molecule has 4 amide bonds. The highest BCUT2D eigenvalue weighted by atomic mass is 16.5. The zero-order valence-electron chi connectivity index (χ0n) is 40.3. The number of ether oxygens (including phenoxy) is 2. The molecule has 4 aliphatic heterocycles. The first-order valence-corrected chi connectivity index (χ1v) is 24.1. The number of amides is 4. The number of cyclic esters (lactones) is 1. The molecule has 2 N–H and O–H groups in total. The number of aromatic nitrogens is 1. The summed E-state index contributed by atoms with van der Waals surface area (Å²) in [4.78, 5) is 78.1. The van der Waals surface area contributed by atoms with E-state index in [0.29, 0.717) is 58.3 Å². The van der Waals surface area contributed by atoms with E-state index in [0.717, 1.165) is 69.4 Å². The maximum absolute atomic E-state index is 14.8. The van der Waals surface area contributed by atoms with E-state index in [1.807, 2.05) is 32.1 Å². The second-order valence-electron chi connectivity index (χ2n) is 19.2. The van der Waals surface area contributed by atoms with Crippen molar-refractivity contribution in [2.24, 2.45) is 16.3 Å². The van der Waals surface area contributed by atoms with Crippen LogP contribution in [-0.2, 0) is 52.8 Å². The van der Waals surface area contributed by atoms with Crippen LogP contribution in [0.4, 0.5) is 0 Å². The fourth-order valence-corrected chi connectivity index (χ4v) is 10.3. The van der Waals surface area contributed by atoms with Crippen LogP contribution in [0.15, 0.2) is 78.5 Å². The summed E-state index contributed by atoms with van der Waals surface area (Å²) < 4.78 is 14.3. The molecular formula is C53H69N7O7. The lowest BCUT2D eigenvalue weighted by atomic mass is 9.84. The van der Waals surface area contributed by atoms with Gasteiger partial charge in [0.15, 0.2) is 0 Å². The number of nitrogens with one attached hydrogen (secondary N) is 2. The Morgan fingerprint density at radius 3 is 2.52 bits per heavy atom. The van der Waals surface area contributed by atoms with Crippen molar-refractivity contribution in [3.8, 4) is 11.1 Å². The van der Waals surface area contributed by atoms with E-state index in [-0.39, 0.29) is 43.4 Å². The van der Waals surface area contributed by atoms with Crippen LogP contribution >= 0.6 is 0 Å². The number of nitrogens with zero attached hydrogens (tertiary/aromatic N) is 5. The number of rotatable bonds is 10. The van der Waals surface area contributed by atoms with E-state index in [1.54, 1.807) is 23.1 Å².